The summed E-state index contributed by atoms with van der Waals surface area (Å²) in [5.41, 5.74) is 0.476. The first kappa shape index (κ1) is 29.0. The maximum absolute atomic E-state index is 13.4. The van der Waals surface area contributed by atoms with Gasteiger partial charge in [-0.2, -0.15) is 0 Å². The third-order valence-electron chi connectivity index (χ3n) is 6.96. The molecule has 1 fully saturated rings. The van der Waals surface area contributed by atoms with Crippen molar-refractivity contribution in [2.45, 2.75) is 25.1 Å². The molecule has 11 nitrogen and oxygen atoms in total. The van der Waals surface area contributed by atoms with Gasteiger partial charge < -0.3 is 19.5 Å². The molecule has 4 aromatic rings. The Morgan fingerprint density at radius 3 is 2.48 bits per heavy atom. The van der Waals surface area contributed by atoms with Gasteiger partial charge in [-0.1, -0.05) is 53.5 Å². The average molecular weight is 609 g/mol. The Kier molecular flexibility index (Phi) is 8.41. The summed E-state index contributed by atoms with van der Waals surface area (Å²) in [5, 5.41) is 2.99. The molecule has 1 aliphatic rings. The number of carbonyl (C=O) groups is 3. The highest BCUT2D eigenvalue weighted by Gasteiger charge is 2.42. The third-order valence-corrected chi connectivity index (χ3v) is 7.54. The molecule has 3 amide bonds. The van der Waals surface area contributed by atoms with Crippen LogP contribution in [0.25, 0.3) is 11.0 Å². The van der Waals surface area contributed by atoms with Crippen molar-refractivity contribution >= 4 is 57.8 Å². The number of rotatable bonds is 6. The Labute approximate surface area is 250 Å². The van der Waals surface area contributed by atoms with Crippen LogP contribution in [0.4, 0.5) is 10.5 Å². The second-order valence-electron chi connectivity index (χ2n) is 9.92. The van der Waals surface area contributed by atoms with E-state index in [0.29, 0.717) is 5.65 Å². The lowest BCUT2D eigenvalue weighted by Crippen LogP contribution is -2.45. The van der Waals surface area contributed by atoms with Crippen LogP contribution in [0.1, 0.15) is 28.4 Å². The van der Waals surface area contributed by atoms with Crippen LogP contribution in [-0.2, 0) is 16.1 Å². The maximum Gasteiger partial charge on any atom is 0.410 e. The van der Waals surface area contributed by atoms with Gasteiger partial charge in [0.25, 0.3) is 5.91 Å². The molecule has 0 aliphatic carbocycles. The molecule has 0 spiro atoms. The van der Waals surface area contributed by atoms with Crippen molar-refractivity contribution in [2.24, 2.45) is 0 Å². The monoisotopic (exact) mass is 608 g/mol. The normalized spacial score (nSPS) is 16.3. The molecule has 13 heteroatoms. The number of fused-ring (bicyclic) bond motifs is 1. The van der Waals surface area contributed by atoms with E-state index in [1.54, 1.807) is 30.8 Å². The molecule has 1 aliphatic heterocycles. The zero-order valence-corrected chi connectivity index (χ0v) is 24.2. The zero-order valence-electron chi connectivity index (χ0n) is 22.7. The van der Waals surface area contributed by atoms with Crippen LogP contribution < -0.4 is 10.7 Å². The summed E-state index contributed by atoms with van der Waals surface area (Å²) < 4.78 is 7.22. The van der Waals surface area contributed by atoms with E-state index in [4.69, 9.17) is 27.9 Å². The minimum Gasteiger partial charge on any atom is -0.445 e. The Morgan fingerprint density at radius 1 is 1.07 bits per heavy atom. The van der Waals surface area contributed by atoms with E-state index < -0.39 is 29.5 Å². The second kappa shape index (κ2) is 12.2. The van der Waals surface area contributed by atoms with Crippen LogP contribution in [0.15, 0.2) is 72.0 Å². The van der Waals surface area contributed by atoms with Gasteiger partial charge in [0.1, 0.15) is 23.9 Å². The van der Waals surface area contributed by atoms with Crippen molar-refractivity contribution < 1.29 is 19.1 Å². The fourth-order valence-corrected chi connectivity index (χ4v) is 5.35. The number of ether oxygens (including phenoxy) is 1. The molecule has 1 N–H and O–H groups in total. The Morgan fingerprint density at radius 2 is 1.79 bits per heavy atom. The smallest absolute Gasteiger partial charge is 0.410 e. The molecule has 0 bridgehead atoms. The van der Waals surface area contributed by atoms with E-state index in [0.717, 1.165) is 5.56 Å². The molecule has 0 radical (unpaired) electrons. The minimum atomic E-state index is -0.835. The van der Waals surface area contributed by atoms with E-state index in [2.05, 4.69) is 15.3 Å². The first-order chi connectivity index (χ1) is 20.2. The average Bonchev–Trinajstić information content (AvgIpc) is 3.43. The Balaban J connectivity index is 1.50. The van der Waals surface area contributed by atoms with Crippen molar-refractivity contribution in [1.82, 2.24) is 24.3 Å². The highest BCUT2D eigenvalue weighted by Crippen LogP contribution is 2.32. The Bertz CT molecular complexity index is 1710. The number of amides is 3. The zero-order chi connectivity index (χ0) is 30.0. The number of halogens is 2. The van der Waals surface area contributed by atoms with Gasteiger partial charge in [0.15, 0.2) is 0 Å². The number of anilines is 1. The lowest BCUT2D eigenvalue weighted by molar-refractivity contribution is -0.133. The fraction of sp³-hybridized carbons (Fsp3) is 0.241. The number of carbonyl (C=O) groups excluding carboxylic acids is 3. The molecule has 4 heterocycles. The number of nitrogens with one attached hydrogen (secondary N) is 1. The lowest BCUT2D eigenvalue weighted by atomic mass is 10.1. The fourth-order valence-electron chi connectivity index (χ4n) is 4.89. The van der Waals surface area contributed by atoms with E-state index >= 15 is 0 Å². The van der Waals surface area contributed by atoms with Gasteiger partial charge in [0.05, 0.1) is 27.2 Å². The summed E-state index contributed by atoms with van der Waals surface area (Å²) >= 11 is 12.3. The third kappa shape index (κ3) is 5.79. The van der Waals surface area contributed by atoms with Crippen molar-refractivity contribution in [3.05, 3.63) is 98.6 Å². The van der Waals surface area contributed by atoms with Gasteiger partial charge in [0, 0.05) is 45.4 Å². The van der Waals surface area contributed by atoms with Crippen molar-refractivity contribution in [2.75, 3.05) is 26.0 Å². The first-order valence-corrected chi connectivity index (χ1v) is 13.7. The van der Waals surface area contributed by atoms with Crippen molar-refractivity contribution in [3.8, 4) is 0 Å². The number of aromatic nitrogens is 3. The maximum atomic E-state index is 13.4. The number of hydrogen-bond acceptors (Lipinski definition) is 7. The van der Waals surface area contributed by atoms with E-state index in [9.17, 15) is 19.2 Å². The highest BCUT2D eigenvalue weighted by atomic mass is 35.5. The van der Waals surface area contributed by atoms with Gasteiger partial charge in [-0.25, -0.2) is 9.78 Å². The molecule has 0 saturated carbocycles. The van der Waals surface area contributed by atoms with Crippen LogP contribution in [-0.4, -0.2) is 68.9 Å². The van der Waals surface area contributed by atoms with Crippen LogP contribution in [0, 0.1) is 0 Å². The molecule has 1 saturated heterocycles. The molecule has 42 heavy (non-hydrogen) atoms. The summed E-state index contributed by atoms with van der Waals surface area (Å²) in [5.74, 6) is -1.03. The second-order valence-corrected chi connectivity index (χ2v) is 10.7. The topological polar surface area (TPSA) is 127 Å². The number of hydrogen-bond donors (Lipinski definition) is 1. The summed E-state index contributed by atoms with van der Waals surface area (Å²) in [6.45, 7) is 0.117. The summed E-state index contributed by atoms with van der Waals surface area (Å²) in [4.78, 5) is 64.3. The summed E-state index contributed by atoms with van der Waals surface area (Å²) in [6.07, 6.45) is 5.10. The van der Waals surface area contributed by atoms with Gasteiger partial charge in [-0.3, -0.25) is 24.3 Å². The number of likely N-dealkylation sites (tertiary alicyclic amines) is 1. The van der Waals surface area contributed by atoms with Gasteiger partial charge >= 0.3 is 6.09 Å². The molecular formula is C29H26Cl2N6O5. The van der Waals surface area contributed by atoms with Crippen LogP contribution in [0.3, 0.4) is 0 Å². The number of pyridine rings is 3. The van der Waals surface area contributed by atoms with Crippen LogP contribution >= 0.6 is 23.2 Å². The largest absolute Gasteiger partial charge is 0.445 e. The predicted octanol–water partition coefficient (Wildman–Crippen LogP) is 4.39. The SMILES string of the molecule is CN(C)C(=O)[C@@H]1C[C@H](n2cc(C(=O)Nc3c(Cl)cncc3Cl)c(=O)c3cccnc32)CN1C(=O)OCc1ccccc1. The van der Waals surface area contributed by atoms with E-state index in [1.165, 1.54) is 34.6 Å². The van der Waals surface area contributed by atoms with E-state index in [-0.39, 0.29) is 52.2 Å². The van der Waals surface area contributed by atoms with Crippen molar-refractivity contribution in [3.63, 3.8) is 0 Å². The molecule has 216 valence electrons. The van der Waals surface area contributed by atoms with Crippen LogP contribution in [0.5, 0.6) is 0 Å². The molecule has 0 unspecified atom stereocenters. The number of nitrogens with zero attached hydrogens (tertiary/aromatic N) is 5. The highest BCUT2D eigenvalue weighted by molar-refractivity contribution is 6.39. The van der Waals surface area contributed by atoms with Crippen LogP contribution in [0.2, 0.25) is 10.0 Å². The minimum absolute atomic E-state index is 0.0384. The molecule has 5 rings (SSSR count). The predicted molar refractivity (Wildman–Crippen MR) is 158 cm³/mol. The Hall–Kier alpha value is -4.48. The lowest BCUT2D eigenvalue weighted by Gasteiger charge is -2.25. The number of benzene rings is 1. The van der Waals surface area contributed by atoms with Gasteiger partial charge in [-0.15, -0.1) is 0 Å². The summed E-state index contributed by atoms with van der Waals surface area (Å²) in [7, 11) is 3.22. The van der Waals surface area contributed by atoms with E-state index in [1.807, 2.05) is 30.3 Å². The molecule has 2 atom stereocenters. The molecular weight excluding hydrogens is 583 g/mol. The standard InChI is InChI=1S/C29H26Cl2N6O5/c1-35(2)28(40)23-11-18(14-37(23)29(41)42-16-17-7-4-3-5-8-17)36-15-20(25(38)19-9-6-10-33-26(19)36)27(39)34-24-21(30)12-32-13-22(24)31/h3-10,12-13,15,18,23H,11,14,16H2,1-2H3,(H,32,34,39)/t18-,23-/m0/s1. The molecule has 3 aromatic heterocycles. The van der Waals surface area contributed by atoms with Crippen molar-refractivity contribution in [1.29, 1.82) is 0 Å². The first-order valence-electron chi connectivity index (χ1n) is 12.9. The van der Waals surface area contributed by atoms with Gasteiger partial charge in [-0.05, 0) is 24.1 Å². The van der Waals surface area contributed by atoms with Gasteiger partial charge in [0.2, 0.25) is 11.3 Å². The quantitative estimate of drug-likeness (QED) is 0.344. The molecule has 1 aromatic carbocycles. The summed E-state index contributed by atoms with van der Waals surface area (Å²) in [6, 6.07) is 11.0. The number of likely N-dealkylation sites (N-methyl/N-ethyl adjacent to an activating group) is 1.